The van der Waals surface area contributed by atoms with Gasteiger partial charge in [0, 0.05) is 18.3 Å². The molecule has 0 saturated heterocycles. The Morgan fingerprint density at radius 1 is 0.974 bits per heavy atom. The first-order valence-corrected chi connectivity index (χ1v) is 13.3. The van der Waals surface area contributed by atoms with Crippen LogP contribution < -0.4 is 19.6 Å². The second-order valence-corrected chi connectivity index (χ2v) is 10.6. The van der Waals surface area contributed by atoms with E-state index in [2.05, 4.69) is 26.6 Å². The second-order valence-electron chi connectivity index (χ2n) is 8.20. The van der Waals surface area contributed by atoms with Crippen molar-refractivity contribution in [2.45, 2.75) is 25.7 Å². The number of nitrogens with one attached hydrogen (secondary N) is 2. The van der Waals surface area contributed by atoms with Crippen molar-refractivity contribution in [3.63, 3.8) is 0 Å². The monoisotopic (exact) mass is 597 g/mol. The molecule has 0 heterocycles. The van der Waals surface area contributed by atoms with Crippen molar-refractivity contribution in [1.82, 2.24) is 0 Å². The first-order valence-electron chi connectivity index (χ1n) is 11.1. The highest BCUT2D eigenvalue weighted by molar-refractivity contribution is 9.10. The lowest BCUT2D eigenvalue weighted by Crippen LogP contribution is -2.13. The Bertz CT molecular complexity index is 1580. The van der Waals surface area contributed by atoms with Gasteiger partial charge in [-0.2, -0.15) is 13.7 Å². The zero-order valence-corrected chi connectivity index (χ0v) is 23.4. The van der Waals surface area contributed by atoms with E-state index in [1.807, 2.05) is 32.0 Å². The number of nitriles is 1. The van der Waals surface area contributed by atoms with Gasteiger partial charge in [-0.25, -0.2) is 0 Å². The molecule has 0 aromatic heterocycles. The second kappa shape index (κ2) is 11.9. The highest BCUT2D eigenvalue weighted by Gasteiger charge is 2.22. The molecule has 0 atom stereocenters. The third-order valence-electron chi connectivity index (χ3n) is 5.35. The van der Waals surface area contributed by atoms with E-state index in [1.165, 1.54) is 56.5 Å². The largest absolute Gasteiger partial charge is 0.493 e. The van der Waals surface area contributed by atoms with Gasteiger partial charge >= 0.3 is 10.1 Å². The zero-order valence-electron chi connectivity index (χ0n) is 21.0. The summed E-state index contributed by atoms with van der Waals surface area (Å²) in [5.41, 5.74) is 3.27. The summed E-state index contributed by atoms with van der Waals surface area (Å²) in [7, 11) is -2.94. The Labute approximate surface area is 229 Å². The summed E-state index contributed by atoms with van der Waals surface area (Å²) in [6.45, 7) is 5.21. The number of halogens is 1. The highest BCUT2D eigenvalue weighted by Crippen LogP contribution is 2.39. The molecule has 0 aliphatic carbocycles. The summed E-state index contributed by atoms with van der Waals surface area (Å²) in [6.07, 6.45) is 1.35. The smallest absolute Gasteiger partial charge is 0.339 e. The number of ether oxygens (including phenoxy) is 1. The van der Waals surface area contributed by atoms with E-state index in [0.717, 1.165) is 11.1 Å². The number of carbonyl (C=O) groups is 2. The average molecular weight is 598 g/mol. The SMILES string of the molecule is COc1cc(/C=C(\C#N)C(=O)Nc2ccc(C)c(C)c2)cc(Br)c1OS(=O)(=O)c1ccc(NC(C)=O)cc1. The molecule has 2 N–H and O–H groups in total. The van der Waals surface area contributed by atoms with Crippen LogP contribution in [-0.2, 0) is 19.7 Å². The Hall–Kier alpha value is -4.14. The maximum absolute atomic E-state index is 12.9. The number of anilines is 2. The molecule has 0 unspecified atom stereocenters. The molecule has 0 radical (unpaired) electrons. The van der Waals surface area contributed by atoms with Crippen molar-refractivity contribution in [2.75, 3.05) is 17.7 Å². The van der Waals surface area contributed by atoms with E-state index in [0.29, 0.717) is 16.9 Å². The number of carbonyl (C=O) groups excluding carboxylic acids is 2. The van der Waals surface area contributed by atoms with E-state index in [1.54, 1.807) is 6.07 Å². The quantitative estimate of drug-likeness (QED) is 0.203. The Morgan fingerprint density at radius 3 is 2.21 bits per heavy atom. The number of rotatable bonds is 8. The molecule has 0 saturated carbocycles. The predicted octanol–water partition coefficient (Wildman–Crippen LogP) is 5.35. The molecule has 3 rings (SSSR count). The molecule has 0 aliphatic rings. The van der Waals surface area contributed by atoms with Gasteiger partial charge in [0.1, 0.15) is 16.5 Å². The van der Waals surface area contributed by atoms with Crippen LogP contribution in [0.3, 0.4) is 0 Å². The highest BCUT2D eigenvalue weighted by atomic mass is 79.9. The minimum Gasteiger partial charge on any atom is -0.493 e. The molecular weight excluding hydrogens is 574 g/mol. The molecule has 0 fully saturated rings. The van der Waals surface area contributed by atoms with Gasteiger partial charge in [-0.3, -0.25) is 9.59 Å². The number of methoxy groups -OCH3 is 1. The molecule has 9 nitrogen and oxygen atoms in total. The summed E-state index contributed by atoms with van der Waals surface area (Å²) in [5.74, 6) is -0.956. The number of nitrogens with zero attached hydrogens (tertiary/aromatic N) is 1. The van der Waals surface area contributed by atoms with Crippen molar-refractivity contribution in [1.29, 1.82) is 5.26 Å². The van der Waals surface area contributed by atoms with Crippen molar-refractivity contribution < 1.29 is 26.9 Å². The number of hydrogen-bond donors (Lipinski definition) is 2. The molecule has 0 spiro atoms. The van der Waals surface area contributed by atoms with E-state index >= 15 is 0 Å². The van der Waals surface area contributed by atoms with Gasteiger partial charge in [0.15, 0.2) is 11.5 Å². The Morgan fingerprint density at radius 2 is 1.63 bits per heavy atom. The number of hydrogen-bond acceptors (Lipinski definition) is 7. The first kappa shape index (κ1) is 28.4. The van der Waals surface area contributed by atoms with Gasteiger partial charge in [0.25, 0.3) is 5.91 Å². The van der Waals surface area contributed by atoms with Crippen LogP contribution >= 0.6 is 15.9 Å². The fraction of sp³-hybridized carbons (Fsp3) is 0.148. The van der Waals surface area contributed by atoms with E-state index in [9.17, 15) is 23.3 Å². The third-order valence-corrected chi connectivity index (χ3v) is 7.17. The van der Waals surface area contributed by atoms with Crippen LogP contribution in [0, 0.1) is 25.2 Å². The lowest BCUT2D eigenvalue weighted by molar-refractivity contribution is -0.114. The molecule has 3 aromatic rings. The number of amides is 2. The Kier molecular flexibility index (Phi) is 8.93. The predicted molar refractivity (Wildman–Crippen MR) is 147 cm³/mol. The maximum Gasteiger partial charge on any atom is 0.339 e. The maximum atomic E-state index is 12.9. The number of aryl methyl sites for hydroxylation is 2. The van der Waals surface area contributed by atoms with Crippen molar-refractivity contribution in [2.24, 2.45) is 0 Å². The minimum atomic E-state index is -4.26. The lowest BCUT2D eigenvalue weighted by Gasteiger charge is -2.14. The van der Waals surface area contributed by atoms with Crippen LogP contribution in [0.15, 0.2) is 69.5 Å². The van der Waals surface area contributed by atoms with Gasteiger partial charge in [0.05, 0.1) is 11.6 Å². The number of benzene rings is 3. The summed E-state index contributed by atoms with van der Waals surface area (Å²) in [6, 6.07) is 15.7. The average Bonchev–Trinajstić information content (AvgIpc) is 2.86. The van der Waals surface area contributed by atoms with Crippen LogP contribution in [0.5, 0.6) is 11.5 Å². The van der Waals surface area contributed by atoms with Gasteiger partial charge < -0.3 is 19.6 Å². The summed E-state index contributed by atoms with van der Waals surface area (Å²) < 4.78 is 36.6. The molecule has 11 heteroatoms. The summed E-state index contributed by atoms with van der Waals surface area (Å²) >= 11 is 3.29. The molecule has 196 valence electrons. The molecular formula is C27H24BrN3O6S. The van der Waals surface area contributed by atoms with Gasteiger partial charge in [-0.15, -0.1) is 0 Å². The summed E-state index contributed by atoms with van der Waals surface area (Å²) in [5, 5.41) is 14.8. The Balaban J connectivity index is 1.87. The summed E-state index contributed by atoms with van der Waals surface area (Å²) in [4.78, 5) is 23.7. The lowest BCUT2D eigenvalue weighted by atomic mass is 10.1. The standard InChI is InChI=1S/C27H24BrN3O6S/c1-16-5-6-22(11-17(16)2)31-27(33)20(15-29)12-19-13-24(28)26(25(14-19)36-4)37-38(34,35)23-9-7-21(8-10-23)30-18(3)32/h5-14H,1-4H3,(H,30,32)(H,31,33)/b20-12+. The van der Waals surface area contributed by atoms with Crippen LogP contribution in [-0.4, -0.2) is 27.3 Å². The van der Waals surface area contributed by atoms with Crippen molar-refractivity contribution in [3.8, 4) is 17.6 Å². The molecule has 0 aliphatic heterocycles. The van der Waals surface area contributed by atoms with Crippen LogP contribution in [0.4, 0.5) is 11.4 Å². The van der Waals surface area contributed by atoms with Crippen molar-refractivity contribution >= 4 is 55.3 Å². The molecule has 0 bridgehead atoms. The van der Waals surface area contributed by atoms with Gasteiger partial charge in [-0.05, 0) is 101 Å². The van der Waals surface area contributed by atoms with E-state index in [-0.39, 0.29) is 32.3 Å². The van der Waals surface area contributed by atoms with E-state index < -0.39 is 16.0 Å². The fourth-order valence-electron chi connectivity index (χ4n) is 3.30. The zero-order chi connectivity index (χ0) is 28.0. The molecule has 38 heavy (non-hydrogen) atoms. The fourth-order valence-corrected chi connectivity index (χ4v) is 4.91. The van der Waals surface area contributed by atoms with Crippen LogP contribution in [0.2, 0.25) is 0 Å². The van der Waals surface area contributed by atoms with Crippen LogP contribution in [0.25, 0.3) is 6.08 Å². The van der Waals surface area contributed by atoms with E-state index in [4.69, 9.17) is 8.92 Å². The third kappa shape index (κ3) is 7.00. The molecule has 3 aromatic carbocycles. The topological polar surface area (TPSA) is 135 Å². The first-order chi connectivity index (χ1) is 17.9. The van der Waals surface area contributed by atoms with Gasteiger partial charge in [0.2, 0.25) is 5.91 Å². The van der Waals surface area contributed by atoms with Crippen molar-refractivity contribution in [3.05, 3.63) is 81.3 Å². The normalized spacial score (nSPS) is 11.3. The minimum absolute atomic E-state index is 0.0518. The van der Waals surface area contributed by atoms with Gasteiger partial charge in [-0.1, -0.05) is 6.07 Å². The van der Waals surface area contributed by atoms with Crippen LogP contribution in [0.1, 0.15) is 23.6 Å². The molecule has 2 amide bonds.